The van der Waals surface area contributed by atoms with Crippen LogP contribution in [0.3, 0.4) is 0 Å². The molecule has 1 aliphatic heterocycles. The zero-order valence-electron chi connectivity index (χ0n) is 18.2. The van der Waals surface area contributed by atoms with Gasteiger partial charge in [0.05, 0.1) is 12.0 Å². The molecule has 33 heavy (non-hydrogen) atoms. The first-order valence-corrected chi connectivity index (χ1v) is 12.0. The first kappa shape index (κ1) is 23.1. The molecule has 1 saturated carbocycles. The average Bonchev–Trinajstić information content (AvgIpc) is 3.32. The third kappa shape index (κ3) is 4.81. The van der Waals surface area contributed by atoms with E-state index in [1.54, 1.807) is 30.3 Å². The summed E-state index contributed by atoms with van der Waals surface area (Å²) in [5, 5.41) is 0. The molecule has 0 aromatic heterocycles. The average molecular weight is 476 g/mol. The smallest absolute Gasteiger partial charge is 0.343 e. The van der Waals surface area contributed by atoms with Gasteiger partial charge in [0.25, 0.3) is 0 Å². The molecule has 176 valence electrons. The van der Waals surface area contributed by atoms with Gasteiger partial charge in [-0.1, -0.05) is 30.3 Å². The number of rotatable bonds is 8. The number of hydrogen-bond acceptors (Lipinski definition) is 8. The minimum absolute atomic E-state index is 0.0619. The number of methoxy groups -OCH3 is 1. The number of para-hydroxylation sites is 1. The highest BCUT2D eigenvalue weighted by Gasteiger charge is 2.52. The molecule has 4 atom stereocenters. The summed E-state index contributed by atoms with van der Waals surface area (Å²) >= 11 is 0. The van der Waals surface area contributed by atoms with Crippen molar-refractivity contribution in [2.45, 2.75) is 36.4 Å². The van der Waals surface area contributed by atoms with E-state index < -0.39 is 28.1 Å². The van der Waals surface area contributed by atoms with Crippen LogP contribution in [-0.4, -0.2) is 52.8 Å². The number of carbonyl (C=O) groups excluding carboxylic acids is 2. The fraction of sp³-hybridized carbons (Fsp3) is 0.391. The van der Waals surface area contributed by atoms with Crippen LogP contribution in [0.2, 0.25) is 0 Å². The van der Waals surface area contributed by atoms with Crippen molar-refractivity contribution in [1.82, 2.24) is 4.72 Å². The van der Waals surface area contributed by atoms with Crippen molar-refractivity contribution in [2.75, 3.05) is 20.3 Å². The third-order valence-corrected chi connectivity index (χ3v) is 7.33. The Kier molecular flexibility index (Phi) is 6.57. The number of fused-ring (bicyclic) bond motifs is 3. The first-order valence-electron chi connectivity index (χ1n) is 10.5. The Labute approximate surface area is 192 Å². The molecule has 2 aromatic rings. The number of sulfonamides is 1. The second-order valence-corrected chi connectivity index (χ2v) is 9.70. The summed E-state index contributed by atoms with van der Waals surface area (Å²) in [6.07, 6.45) is -0.421. The van der Waals surface area contributed by atoms with Crippen LogP contribution >= 0.6 is 0 Å². The lowest BCUT2D eigenvalue weighted by Gasteiger charge is -2.24. The van der Waals surface area contributed by atoms with Crippen LogP contribution in [0, 0.1) is 5.92 Å². The number of ether oxygens (including phenoxy) is 4. The summed E-state index contributed by atoms with van der Waals surface area (Å²) in [5.74, 6) is -0.618. The predicted molar refractivity (Wildman–Crippen MR) is 116 cm³/mol. The van der Waals surface area contributed by atoms with E-state index in [4.69, 9.17) is 14.2 Å². The Morgan fingerprint density at radius 2 is 1.88 bits per heavy atom. The zero-order chi connectivity index (χ0) is 23.6. The van der Waals surface area contributed by atoms with Gasteiger partial charge in [-0.2, -0.15) is 0 Å². The van der Waals surface area contributed by atoms with Crippen LogP contribution in [0.5, 0.6) is 11.5 Å². The molecule has 10 heteroatoms. The number of nitrogens with one attached hydrogen (secondary N) is 1. The van der Waals surface area contributed by atoms with Crippen LogP contribution in [-0.2, 0) is 29.1 Å². The van der Waals surface area contributed by atoms with Gasteiger partial charge in [-0.3, -0.25) is 4.79 Å². The van der Waals surface area contributed by atoms with Crippen LogP contribution < -0.4 is 14.2 Å². The molecule has 2 aromatic carbocycles. The molecule has 0 radical (unpaired) electrons. The van der Waals surface area contributed by atoms with Gasteiger partial charge in [0.15, 0.2) is 18.1 Å². The first-order chi connectivity index (χ1) is 15.8. The number of hydrogen-bond donors (Lipinski definition) is 1. The second kappa shape index (κ2) is 9.40. The summed E-state index contributed by atoms with van der Waals surface area (Å²) in [7, 11) is -2.47. The fourth-order valence-electron chi connectivity index (χ4n) is 4.49. The summed E-state index contributed by atoms with van der Waals surface area (Å²) in [4.78, 5) is 23.3. The molecule has 1 heterocycles. The van der Waals surface area contributed by atoms with Crippen molar-refractivity contribution in [3.63, 3.8) is 0 Å². The lowest BCUT2D eigenvalue weighted by Crippen LogP contribution is -2.36. The predicted octanol–water partition coefficient (Wildman–Crippen LogP) is 2.01. The van der Waals surface area contributed by atoms with Crippen LogP contribution in [0.25, 0.3) is 0 Å². The normalized spacial score (nSPS) is 23.2. The highest BCUT2D eigenvalue weighted by molar-refractivity contribution is 7.89. The lowest BCUT2D eigenvalue weighted by molar-refractivity contribution is -0.148. The van der Waals surface area contributed by atoms with Crippen molar-refractivity contribution in [3.8, 4) is 11.5 Å². The Morgan fingerprint density at radius 3 is 2.58 bits per heavy atom. The molecule has 4 unspecified atom stereocenters. The summed E-state index contributed by atoms with van der Waals surface area (Å²) < 4.78 is 50.1. The molecule has 1 N–H and O–H groups in total. The van der Waals surface area contributed by atoms with Crippen LogP contribution in [0.4, 0.5) is 0 Å². The Hall–Kier alpha value is -3.11. The quantitative estimate of drug-likeness (QED) is 0.577. The van der Waals surface area contributed by atoms with E-state index >= 15 is 0 Å². The number of esters is 2. The van der Waals surface area contributed by atoms with Gasteiger partial charge >= 0.3 is 11.9 Å². The molecule has 4 rings (SSSR count). The summed E-state index contributed by atoms with van der Waals surface area (Å²) in [6.45, 7) is 1.13. The van der Waals surface area contributed by atoms with Crippen molar-refractivity contribution >= 4 is 22.0 Å². The fourth-order valence-corrected chi connectivity index (χ4v) is 5.58. The monoisotopic (exact) mass is 475 g/mol. The van der Waals surface area contributed by atoms with E-state index in [0.717, 1.165) is 5.56 Å². The molecule has 1 aliphatic carbocycles. The highest BCUT2D eigenvalue weighted by atomic mass is 32.2. The van der Waals surface area contributed by atoms with Gasteiger partial charge in [0.1, 0.15) is 12.2 Å². The standard InChI is InChI=1S/C23H25NO8S/c1-14(25)31-19-11-20-22(17(19)12-24-33(27,28)15-7-4-3-5-8-15)16-9-6-10-18(23(16)32-20)30-13-21(26)29-2/h3-10,17,19-20,22,24H,11-13H2,1-2H3. The van der Waals surface area contributed by atoms with Gasteiger partial charge in [0.2, 0.25) is 10.0 Å². The summed E-state index contributed by atoms with van der Waals surface area (Å²) in [6, 6.07) is 13.4. The lowest BCUT2D eigenvalue weighted by atomic mass is 9.88. The maximum Gasteiger partial charge on any atom is 0.343 e. The maximum absolute atomic E-state index is 12.8. The van der Waals surface area contributed by atoms with E-state index in [-0.39, 0.29) is 36.0 Å². The molecule has 9 nitrogen and oxygen atoms in total. The number of carbonyl (C=O) groups is 2. The molecular formula is C23H25NO8S. The summed E-state index contributed by atoms with van der Waals surface area (Å²) in [5.41, 5.74) is 0.820. The molecule has 0 spiro atoms. The van der Waals surface area contributed by atoms with E-state index in [2.05, 4.69) is 9.46 Å². The Bertz CT molecular complexity index is 1130. The highest BCUT2D eigenvalue weighted by Crippen LogP contribution is 2.53. The largest absolute Gasteiger partial charge is 0.485 e. The van der Waals surface area contributed by atoms with E-state index in [9.17, 15) is 18.0 Å². The Balaban J connectivity index is 1.58. The molecule has 1 fully saturated rings. The molecule has 0 bridgehead atoms. The van der Waals surface area contributed by atoms with E-state index in [1.807, 2.05) is 6.07 Å². The van der Waals surface area contributed by atoms with Gasteiger partial charge in [-0.25, -0.2) is 17.9 Å². The van der Waals surface area contributed by atoms with Crippen molar-refractivity contribution in [2.24, 2.45) is 5.92 Å². The van der Waals surface area contributed by atoms with Crippen LogP contribution in [0.1, 0.15) is 24.8 Å². The van der Waals surface area contributed by atoms with E-state index in [1.165, 1.54) is 26.2 Å². The minimum Gasteiger partial charge on any atom is -0.485 e. The minimum atomic E-state index is -3.74. The third-order valence-electron chi connectivity index (χ3n) is 5.89. The Morgan fingerprint density at radius 1 is 1.12 bits per heavy atom. The topological polar surface area (TPSA) is 117 Å². The van der Waals surface area contributed by atoms with Crippen molar-refractivity contribution in [1.29, 1.82) is 0 Å². The molecule has 0 amide bonds. The van der Waals surface area contributed by atoms with Gasteiger partial charge in [-0.05, 0) is 18.2 Å². The molecule has 2 aliphatic rings. The number of benzene rings is 2. The molecular weight excluding hydrogens is 450 g/mol. The second-order valence-electron chi connectivity index (χ2n) is 7.93. The SMILES string of the molecule is COC(=O)COc1cccc2c1OC1CC(OC(C)=O)C(CNS(=O)(=O)c3ccccc3)C21. The van der Waals surface area contributed by atoms with Crippen molar-refractivity contribution < 1.29 is 37.0 Å². The zero-order valence-corrected chi connectivity index (χ0v) is 19.0. The van der Waals surface area contributed by atoms with Gasteiger partial charge in [0, 0.05) is 37.3 Å². The van der Waals surface area contributed by atoms with Gasteiger partial charge < -0.3 is 18.9 Å². The van der Waals surface area contributed by atoms with Gasteiger partial charge in [-0.15, -0.1) is 0 Å². The van der Waals surface area contributed by atoms with Crippen molar-refractivity contribution in [3.05, 3.63) is 54.1 Å². The molecule has 0 saturated heterocycles. The van der Waals surface area contributed by atoms with E-state index in [0.29, 0.717) is 17.9 Å². The maximum atomic E-state index is 12.8. The van der Waals surface area contributed by atoms with Crippen LogP contribution in [0.15, 0.2) is 53.4 Å².